The van der Waals surface area contributed by atoms with E-state index < -0.39 is 11.6 Å². The number of allylic oxidation sites excluding steroid dienone is 2. The second-order valence-corrected chi connectivity index (χ2v) is 11.1. The zero-order valence-electron chi connectivity index (χ0n) is 21.0. The number of hydrogen-bond acceptors (Lipinski definition) is 4. The number of fused-ring (bicyclic) bond motifs is 5. The Bertz CT molecular complexity index is 1240. The predicted octanol–water partition coefficient (Wildman–Crippen LogP) is 4.89. The Hall–Kier alpha value is -3.13. The summed E-state index contributed by atoms with van der Waals surface area (Å²) in [5.74, 6) is 18.9. The second kappa shape index (κ2) is 10.1. The third-order valence-corrected chi connectivity index (χ3v) is 9.21. The standard InChI is InChI=1S/C32H34O4/c1-31-18-15-27-26-14-12-25(33)21-24(26)11-13-28(27)29(31)16-19-32(31,35)20-17-30(34)36-22-23-9-7-5-3-2-4-6-8-10-23/h2-3,12,14,21,23,27-29,33,35H,8-11,13,15-16,18-19,22H2,1H3/b3-2-/t23?,27-,28-,29+,31+,32-/m1/s1. The molecule has 0 spiro atoms. The summed E-state index contributed by atoms with van der Waals surface area (Å²) < 4.78 is 5.48. The number of rotatable bonds is 2. The molecule has 36 heavy (non-hydrogen) atoms. The van der Waals surface area contributed by atoms with Crippen molar-refractivity contribution in [3.05, 3.63) is 41.5 Å². The summed E-state index contributed by atoms with van der Waals surface area (Å²) in [7, 11) is 0. The van der Waals surface area contributed by atoms with E-state index in [9.17, 15) is 15.0 Å². The van der Waals surface area contributed by atoms with Gasteiger partial charge in [-0.1, -0.05) is 42.6 Å². The molecule has 6 atom stereocenters. The van der Waals surface area contributed by atoms with Crippen molar-refractivity contribution in [1.82, 2.24) is 0 Å². The summed E-state index contributed by atoms with van der Waals surface area (Å²) >= 11 is 0. The molecule has 0 aliphatic heterocycles. The lowest BCUT2D eigenvalue weighted by atomic mass is 9.53. The number of carbonyl (C=O) groups is 1. The van der Waals surface area contributed by atoms with Crippen LogP contribution in [0.15, 0.2) is 30.4 Å². The second-order valence-electron chi connectivity index (χ2n) is 11.1. The molecule has 2 saturated carbocycles. The fraction of sp³-hybridized carbons (Fsp3) is 0.531. The Labute approximate surface area is 214 Å². The highest BCUT2D eigenvalue weighted by Crippen LogP contribution is 2.64. The minimum atomic E-state index is -1.18. The number of esters is 1. The van der Waals surface area contributed by atoms with Gasteiger partial charge in [0.05, 0.1) is 6.61 Å². The third kappa shape index (κ3) is 4.66. The molecule has 4 nitrogen and oxygen atoms in total. The molecule has 4 aliphatic carbocycles. The average Bonchev–Trinajstić information content (AvgIpc) is 3.15. The molecule has 1 unspecified atom stereocenters. The molecule has 5 rings (SSSR count). The Morgan fingerprint density at radius 1 is 1.14 bits per heavy atom. The summed E-state index contributed by atoms with van der Waals surface area (Å²) in [6.07, 6.45) is 11.1. The molecule has 0 saturated heterocycles. The van der Waals surface area contributed by atoms with E-state index in [4.69, 9.17) is 4.74 Å². The van der Waals surface area contributed by atoms with Gasteiger partial charge in [0.2, 0.25) is 0 Å². The van der Waals surface area contributed by atoms with Crippen LogP contribution in [0.25, 0.3) is 0 Å². The predicted molar refractivity (Wildman–Crippen MR) is 138 cm³/mol. The number of carbonyl (C=O) groups excluding carboxylic acids is 1. The molecule has 4 heteroatoms. The number of phenolic OH excluding ortho intramolecular Hbond substituents is 1. The first kappa shape index (κ1) is 24.6. The minimum absolute atomic E-state index is 0.131. The molecule has 0 heterocycles. The van der Waals surface area contributed by atoms with Crippen LogP contribution in [0.5, 0.6) is 5.75 Å². The van der Waals surface area contributed by atoms with Crippen molar-refractivity contribution in [2.45, 2.75) is 76.2 Å². The Morgan fingerprint density at radius 2 is 1.97 bits per heavy atom. The van der Waals surface area contributed by atoms with Crippen LogP contribution in [0.3, 0.4) is 0 Å². The quantitative estimate of drug-likeness (QED) is 0.358. The Kier molecular flexibility index (Phi) is 6.88. The van der Waals surface area contributed by atoms with Gasteiger partial charge in [0.15, 0.2) is 0 Å². The van der Waals surface area contributed by atoms with Crippen molar-refractivity contribution in [1.29, 1.82) is 0 Å². The van der Waals surface area contributed by atoms with E-state index in [1.807, 2.05) is 6.07 Å². The average molecular weight is 483 g/mol. The first-order valence-electron chi connectivity index (χ1n) is 13.3. The first-order valence-corrected chi connectivity index (χ1v) is 13.3. The molecular weight excluding hydrogens is 448 g/mol. The van der Waals surface area contributed by atoms with Crippen LogP contribution in [-0.4, -0.2) is 28.4 Å². The van der Waals surface area contributed by atoms with Crippen LogP contribution in [0, 0.1) is 58.7 Å². The lowest BCUT2D eigenvalue weighted by Crippen LogP contribution is -2.50. The molecule has 4 aliphatic rings. The first-order chi connectivity index (χ1) is 17.4. The molecule has 1 aromatic rings. The molecule has 0 bridgehead atoms. The fourth-order valence-corrected chi connectivity index (χ4v) is 7.17. The molecule has 0 aromatic heterocycles. The normalized spacial score (nSPS) is 35.1. The highest BCUT2D eigenvalue weighted by atomic mass is 16.5. The van der Waals surface area contributed by atoms with Crippen LogP contribution >= 0.6 is 0 Å². The van der Waals surface area contributed by atoms with Gasteiger partial charge in [-0.2, -0.15) is 0 Å². The van der Waals surface area contributed by atoms with Gasteiger partial charge < -0.3 is 14.9 Å². The van der Waals surface area contributed by atoms with E-state index in [2.05, 4.69) is 48.5 Å². The van der Waals surface area contributed by atoms with Gasteiger partial charge >= 0.3 is 5.97 Å². The molecule has 186 valence electrons. The van der Waals surface area contributed by atoms with Crippen molar-refractivity contribution in [2.24, 2.45) is 23.2 Å². The SMILES string of the molecule is C[C@]12CC[C@@H]3c4ccc(O)cc4CC[C@H]3[C@@H]1CC[C@@]2(O)C#CC(=O)OCC1CC#C/C=C\C#CCC1. The molecule has 2 N–H and O–H groups in total. The van der Waals surface area contributed by atoms with Crippen molar-refractivity contribution >= 4 is 5.97 Å². The third-order valence-electron chi connectivity index (χ3n) is 9.21. The zero-order chi connectivity index (χ0) is 25.2. The lowest BCUT2D eigenvalue weighted by Gasteiger charge is -2.52. The van der Waals surface area contributed by atoms with E-state index in [0.29, 0.717) is 36.3 Å². The number of hydrogen-bond donors (Lipinski definition) is 2. The largest absolute Gasteiger partial charge is 0.508 e. The van der Waals surface area contributed by atoms with Crippen molar-refractivity contribution in [3.63, 3.8) is 0 Å². The van der Waals surface area contributed by atoms with E-state index >= 15 is 0 Å². The van der Waals surface area contributed by atoms with Crippen molar-refractivity contribution in [3.8, 4) is 41.3 Å². The molecule has 1 aromatic carbocycles. The van der Waals surface area contributed by atoms with Gasteiger partial charge in [-0.25, -0.2) is 4.79 Å². The van der Waals surface area contributed by atoms with Crippen molar-refractivity contribution < 1.29 is 19.7 Å². The highest BCUT2D eigenvalue weighted by Gasteiger charge is 2.61. The lowest BCUT2D eigenvalue weighted by molar-refractivity contribution is -0.138. The van der Waals surface area contributed by atoms with Gasteiger partial charge in [-0.05, 0) is 98.1 Å². The Morgan fingerprint density at radius 3 is 2.83 bits per heavy atom. The number of benzene rings is 1. The van der Waals surface area contributed by atoms with Crippen LogP contribution < -0.4 is 0 Å². The van der Waals surface area contributed by atoms with E-state index in [-0.39, 0.29) is 17.9 Å². The molecule has 0 radical (unpaired) electrons. The number of aromatic hydroxyl groups is 1. The molecular formula is C32H34O4. The van der Waals surface area contributed by atoms with E-state index in [1.54, 1.807) is 18.2 Å². The monoisotopic (exact) mass is 482 g/mol. The maximum Gasteiger partial charge on any atom is 0.384 e. The summed E-state index contributed by atoms with van der Waals surface area (Å²) in [5.41, 5.74) is 1.11. The fourth-order valence-electron chi connectivity index (χ4n) is 7.17. The van der Waals surface area contributed by atoms with E-state index in [1.165, 1.54) is 11.1 Å². The van der Waals surface area contributed by atoms with Gasteiger partial charge in [-0.15, -0.1) is 0 Å². The molecule has 2 fully saturated rings. The summed E-state index contributed by atoms with van der Waals surface area (Å²) in [6, 6.07) is 5.81. The van der Waals surface area contributed by atoms with Crippen molar-refractivity contribution in [2.75, 3.05) is 6.61 Å². The highest BCUT2D eigenvalue weighted by molar-refractivity contribution is 5.88. The number of ether oxygens (including phenoxy) is 1. The van der Waals surface area contributed by atoms with Crippen LogP contribution in [0.1, 0.15) is 75.3 Å². The summed E-state index contributed by atoms with van der Waals surface area (Å²) in [4.78, 5) is 12.5. The van der Waals surface area contributed by atoms with Gasteiger partial charge in [-0.3, -0.25) is 0 Å². The van der Waals surface area contributed by atoms with Gasteiger partial charge in [0.1, 0.15) is 11.4 Å². The topological polar surface area (TPSA) is 66.8 Å². The molecule has 0 amide bonds. The van der Waals surface area contributed by atoms with Crippen LogP contribution in [0.4, 0.5) is 0 Å². The summed E-state index contributed by atoms with van der Waals surface area (Å²) in [5, 5.41) is 21.6. The van der Waals surface area contributed by atoms with Gasteiger partial charge in [0.25, 0.3) is 0 Å². The van der Waals surface area contributed by atoms with Crippen LogP contribution in [0.2, 0.25) is 0 Å². The smallest absolute Gasteiger partial charge is 0.384 e. The number of aliphatic hydroxyl groups is 1. The number of phenols is 1. The maximum atomic E-state index is 12.5. The van der Waals surface area contributed by atoms with Gasteiger partial charge in [0, 0.05) is 30.1 Å². The number of aryl methyl sites for hydroxylation is 1. The Balaban J connectivity index is 1.25. The zero-order valence-corrected chi connectivity index (χ0v) is 21.0. The maximum absolute atomic E-state index is 12.5. The van der Waals surface area contributed by atoms with E-state index in [0.717, 1.165) is 44.9 Å². The van der Waals surface area contributed by atoms with Crippen LogP contribution in [-0.2, 0) is 16.0 Å². The minimum Gasteiger partial charge on any atom is -0.508 e. The summed E-state index contributed by atoms with van der Waals surface area (Å²) in [6.45, 7) is 2.44.